The third-order valence-corrected chi connectivity index (χ3v) is 7.75. The molecule has 15 heteroatoms. The van der Waals surface area contributed by atoms with Crippen LogP contribution in [0, 0.1) is 0 Å². The highest BCUT2D eigenvalue weighted by Gasteiger charge is 2.47. The predicted molar refractivity (Wildman–Crippen MR) is 152 cm³/mol. The van der Waals surface area contributed by atoms with Crippen molar-refractivity contribution in [2.24, 2.45) is 0 Å². The van der Waals surface area contributed by atoms with E-state index < -0.39 is 31.6 Å². The number of nitrogens with zero attached hydrogens (tertiary/aromatic N) is 2. The Morgan fingerprint density at radius 3 is 2.33 bits per heavy atom. The van der Waals surface area contributed by atoms with Crippen LogP contribution in [0.25, 0.3) is 22.2 Å². The quantitative estimate of drug-likeness (QED) is 0.241. The van der Waals surface area contributed by atoms with Gasteiger partial charge in [-0.25, -0.2) is 22.9 Å². The van der Waals surface area contributed by atoms with Crippen LogP contribution in [0.15, 0.2) is 66.7 Å². The molecule has 0 aliphatic rings. The number of amides is 1. The number of nitrogens with one attached hydrogen (secondary N) is 2. The van der Waals surface area contributed by atoms with Gasteiger partial charge in [-0.15, -0.1) is 0 Å². The zero-order valence-electron chi connectivity index (χ0n) is 22.5. The highest BCUT2D eigenvalue weighted by molar-refractivity contribution is 7.92. The summed E-state index contributed by atoms with van der Waals surface area (Å²) in [5.74, 6) is 0.701. The number of benzene rings is 3. The van der Waals surface area contributed by atoms with Gasteiger partial charge in [0.15, 0.2) is 0 Å². The average molecular weight is 625 g/mol. The topological polar surface area (TPSA) is 136 Å². The van der Waals surface area contributed by atoms with Crippen LogP contribution >= 0.6 is 0 Å². The maximum atomic E-state index is 12.6. The van der Waals surface area contributed by atoms with Crippen LogP contribution in [0.5, 0.6) is 5.75 Å². The van der Waals surface area contributed by atoms with Crippen molar-refractivity contribution in [3.8, 4) is 16.9 Å². The van der Waals surface area contributed by atoms with E-state index in [9.17, 15) is 34.8 Å². The molecule has 0 aliphatic heterocycles. The van der Waals surface area contributed by atoms with Gasteiger partial charge in [0.25, 0.3) is 0 Å². The number of rotatable bonds is 10. The third-order valence-electron chi connectivity index (χ3n) is 6.10. The lowest BCUT2D eigenvalue weighted by Crippen LogP contribution is -2.41. The van der Waals surface area contributed by atoms with Gasteiger partial charge in [-0.05, 0) is 41.8 Å². The lowest BCUT2D eigenvalue weighted by atomic mass is 10.0. The van der Waals surface area contributed by atoms with E-state index in [1.165, 1.54) is 12.1 Å². The Bertz CT molecular complexity index is 1820. The van der Waals surface area contributed by atoms with E-state index in [4.69, 9.17) is 9.72 Å². The van der Waals surface area contributed by atoms with E-state index in [1.54, 1.807) is 42.5 Å². The highest BCUT2D eigenvalue weighted by Crippen LogP contribution is 2.31. The second kappa shape index (κ2) is 12.0. The lowest BCUT2D eigenvalue weighted by molar-refractivity contribution is -0.0446. The standard InChI is InChI=1S/C27H27F3N4O6S2/c1-3-4-9-25-31-22-16-20(32-41(2,36)37)14-15-23(22)34(25)17-18-10-12-19(13-11-18)21-7-5-6-8-24(21)40-26(35)33-42(38,39)27(28,29)30/h5-8,10-16,32H,3-4,9,17H2,1-2H3,(H,33,35). The molecular formula is C27H27F3N4O6S2. The number of hydrogen-bond acceptors (Lipinski definition) is 7. The number of alkyl halides is 3. The summed E-state index contributed by atoms with van der Waals surface area (Å²) >= 11 is 0. The van der Waals surface area contributed by atoms with Gasteiger partial charge in [-0.2, -0.15) is 21.6 Å². The maximum absolute atomic E-state index is 12.6. The van der Waals surface area contributed by atoms with Gasteiger partial charge < -0.3 is 9.30 Å². The summed E-state index contributed by atoms with van der Waals surface area (Å²) in [7, 11) is -9.37. The molecule has 10 nitrogen and oxygen atoms in total. The van der Waals surface area contributed by atoms with Crippen molar-refractivity contribution in [2.45, 2.75) is 38.2 Å². The number of aromatic nitrogens is 2. The molecule has 224 valence electrons. The predicted octanol–water partition coefficient (Wildman–Crippen LogP) is 5.40. The summed E-state index contributed by atoms with van der Waals surface area (Å²) in [5, 5.41) is 0. The minimum Gasteiger partial charge on any atom is -0.409 e. The molecule has 0 aliphatic carbocycles. The number of imidazole rings is 1. The van der Waals surface area contributed by atoms with Crippen LogP contribution < -0.4 is 14.2 Å². The number of ether oxygens (including phenoxy) is 1. The summed E-state index contributed by atoms with van der Waals surface area (Å²) in [4.78, 5) is 16.7. The van der Waals surface area contributed by atoms with Crippen molar-refractivity contribution in [3.05, 3.63) is 78.1 Å². The molecule has 0 saturated heterocycles. The van der Waals surface area contributed by atoms with Crippen LogP contribution in [0.1, 0.15) is 31.2 Å². The molecule has 0 unspecified atom stereocenters. The summed E-state index contributed by atoms with van der Waals surface area (Å²) in [5.41, 5.74) is -1.99. The molecule has 4 aromatic rings. The number of hydrogen-bond donors (Lipinski definition) is 2. The number of carbonyl (C=O) groups is 1. The molecule has 0 fully saturated rings. The number of anilines is 1. The second-order valence-corrected chi connectivity index (χ2v) is 12.9. The SMILES string of the molecule is CCCCc1nc2cc(NS(C)(=O)=O)ccc2n1Cc1ccc(-c2ccccc2OC(=O)NS(=O)(=O)C(F)(F)F)cc1. The van der Waals surface area contributed by atoms with Crippen LogP contribution in [0.2, 0.25) is 0 Å². The molecule has 2 N–H and O–H groups in total. The van der Waals surface area contributed by atoms with E-state index in [1.807, 2.05) is 16.7 Å². The number of fused-ring (bicyclic) bond motifs is 1. The largest absolute Gasteiger partial charge is 0.516 e. The fourth-order valence-electron chi connectivity index (χ4n) is 4.21. The smallest absolute Gasteiger partial charge is 0.409 e. The van der Waals surface area contributed by atoms with E-state index in [0.29, 0.717) is 28.9 Å². The minimum absolute atomic E-state index is 0.138. The number of unbranched alkanes of at least 4 members (excludes halogenated alkanes) is 1. The molecule has 0 saturated carbocycles. The first-order valence-corrected chi connectivity index (χ1v) is 16.0. The first-order valence-electron chi connectivity index (χ1n) is 12.6. The van der Waals surface area contributed by atoms with Crippen molar-refractivity contribution < 1.29 is 39.5 Å². The molecule has 1 aromatic heterocycles. The summed E-state index contributed by atoms with van der Waals surface area (Å²) in [6, 6.07) is 18.3. The van der Waals surface area contributed by atoms with Crippen LogP contribution in [0.3, 0.4) is 0 Å². The number of sulfonamides is 2. The first-order chi connectivity index (χ1) is 19.7. The van der Waals surface area contributed by atoms with Gasteiger partial charge in [0.05, 0.1) is 23.0 Å². The number of aryl methyl sites for hydroxylation is 1. The van der Waals surface area contributed by atoms with Gasteiger partial charge in [-0.3, -0.25) is 4.72 Å². The third kappa shape index (κ3) is 7.39. The van der Waals surface area contributed by atoms with E-state index in [0.717, 1.165) is 47.1 Å². The molecule has 0 atom stereocenters. The first kappa shape index (κ1) is 30.8. The van der Waals surface area contributed by atoms with Crippen LogP contribution in [-0.4, -0.2) is 44.2 Å². The molecule has 1 amide bonds. The Kier molecular flexibility index (Phi) is 8.82. The molecular weight excluding hydrogens is 597 g/mol. The Labute approximate surface area is 240 Å². The van der Waals surface area contributed by atoms with Gasteiger partial charge >= 0.3 is 21.6 Å². The van der Waals surface area contributed by atoms with E-state index in [-0.39, 0.29) is 5.75 Å². The molecule has 0 bridgehead atoms. The Morgan fingerprint density at radius 1 is 1.00 bits per heavy atom. The molecule has 0 spiro atoms. The van der Waals surface area contributed by atoms with Crippen LogP contribution in [0.4, 0.5) is 23.7 Å². The van der Waals surface area contributed by atoms with Gasteiger partial charge in [0.1, 0.15) is 11.6 Å². The molecule has 42 heavy (non-hydrogen) atoms. The maximum Gasteiger partial charge on any atom is 0.516 e. The summed E-state index contributed by atoms with van der Waals surface area (Å²) in [6.45, 7) is 2.52. The zero-order chi connectivity index (χ0) is 30.7. The van der Waals surface area contributed by atoms with Crippen molar-refractivity contribution in [3.63, 3.8) is 0 Å². The Morgan fingerprint density at radius 2 is 1.69 bits per heavy atom. The monoisotopic (exact) mass is 624 g/mol. The highest BCUT2D eigenvalue weighted by atomic mass is 32.2. The zero-order valence-corrected chi connectivity index (χ0v) is 24.1. The fraction of sp³-hybridized carbons (Fsp3) is 0.259. The summed E-state index contributed by atoms with van der Waals surface area (Å²) in [6.07, 6.45) is 1.86. The molecule has 3 aromatic carbocycles. The number of para-hydroxylation sites is 1. The summed E-state index contributed by atoms with van der Waals surface area (Å²) < 4.78 is 93.9. The number of carbonyl (C=O) groups excluding carboxylic acids is 1. The molecule has 4 rings (SSSR count). The van der Waals surface area contributed by atoms with E-state index >= 15 is 0 Å². The van der Waals surface area contributed by atoms with Crippen molar-refractivity contribution in [1.82, 2.24) is 14.3 Å². The average Bonchev–Trinajstić information content (AvgIpc) is 3.22. The Balaban J connectivity index is 1.58. The minimum atomic E-state index is -5.92. The number of halogens is 3. The lowest BCUT2D eigenvalue weighted by Gasteiger charge is -2.13. The Hall–Kier alpha value is -4.11. The van der Waals surface area contributed by atoms with Gasteiger partial charge in [-0.1, -0.05) is 55.8 Å². The molecule has 1 heterocycles. The van der Waals surface area contributed by atoms with Crippen LogP contribution in [-0.2, 0) is 33.0 Å². The van der Waals surface area contributed by atoms with Gasteiger partial charge in [0.2, 0.25) is 10.0 Å². The normalized spacial score (nSPS) is 12.3. The molecule has 0 radical (unpaired) electrons. The van der Waals surface area contributed by atoms with Crippen molar-refractivity contribution in [2.75, 3.05) is 11.0 Å². The van der Waals surface area contributed by atoms with Crippen molar-refractivity contribution in [1.29, 1.82) is 0 Å². The fourth-order valence-corrected chi connectivity index (χ4v) is 5.15. The van der Waals surface area contributed by atoms with Gasteiger partial charge in [0, 0.05) is 18.5 Å². The van der Waals surface area contributed by atoms with Crippen molar-refractivity contribution >= 4 is 42.9 Å². The van der Waals surface area contributed by atoms with E-state index in [2.05, 4.69) is 11.6 Å². The second-order valence-electron chi connectivity index (χ2n) is 9.43.